The van der Waals surface area contributed by atoms with Crippen LogP contribution < -0.4 is 10.6 Å². The van der Waals surface area contributed by atoms with Gasteiger partial charge in [-0.05, 0) is 12.8 Å². The van der Waals surface area contributed by atoms with Crippen molar-refractivity contribution in [2.24, 2.45) is 0 Å². The number of anilines is 2. The minimum atomic E-state index is -0.166. The van der Waals surface area contributed by atoms with Crippen LogP contribution in [0.3, 0.4) is 0 Å². The summed E-state index contributed by atoms with van der Waals surface area (Å²) in [5, 5.41) is 9.38. The first-order chi connectivity index (χ1) is 8.72. The van der Waals surface area contributed by atoms with Crippen molar-refractivity contribution in [3.05, 3.63) is 11.8 Å². The lowest BCUT2D eigenvalue weighted by Gasteiger charge is -2.32. The van der Waals surface area contributed by atoms with Gasteiger partial charge in [0.25, 0.3) is 0 Å². The van der Waals surface area contributed by atoms with Gasteiger partial charge < -0.3 is 15.7 Å². The van der Waals surface area contributed by atoms with Gasteiger partial charge in [-0.1, -0.05) is 0 Å². The molecule has 2 aliphatic rings. The molecule has 0 amide bonds. The average molecular weight is 266 g/mol. The molecule has 0 bridgehead atoms. The standard InChI is InChI=1S/C12H18N4OS/c13-12-14-10(8-5-9(17)6-8)7-11(15-12)16-1-3-18-4-2-16/h7-9,17H,1-6H2,(H2,13,14,15). The zero-order chi connectivity index (χ0) is 12.5. The Labute approximate surface area is 111 Å². The third-order valence-electron chi connectivity index (χ3n) is 3.62. The number of aliphatic hydroxyl groups excluding tert-OH is 1. The fourth-order valence-electron chi connectivity index (χ4n) is 2.46. The van der Waals surface area contributed by atoms with Crippen molar-refractivity contribution in [3.8, 4) is 0 Å². The Balaban J connectivity index is 1.81. The van der Waals surface area contributed by atoms with E-state index < -0.39 is 0 Å². The van der Waals surface area contributed by atoms with Crippen molar-refractivity contribution in [1.82, 2.24) is 9.97 Å². The van der Waals surface area contributed by atoms with Gasteiger partial charge in [-0.3, -0.25) is 0 Å². The second-order valence-electron chi connectivity index (χ2n) is 4.93. The molecule has 98 valence electrons. The quantitative estimate of drug-likeness (QED) is 0.826. The summed E-state index contributed by atoms with van der Waals surface area (Å²) < 4.78 is 0. The summed E-state index contributed by atoms with van der Waals surface area (Å²) in [5.74, 6) is 3.92. The second-order valence-corrected chi connectivity index (χ2v) is 6.16. The van der Waals surface area contributed by atoms with Crippen molar-refractivity contribution >= 4 is 23.5 Å². The maximum Gasteiger partial charge on any atom is 0.222 e. The molecule has 0 atom stereocenters. The highest BCUT2D eigenvalue weighted by atomic mass is 32.2. The van der Waals surface area contributed by atoms with Crippen LogP contribution in [0.5, 0.6) is 0 Å². The summed E-state index contributed by atoms with van der Waals surface area (Å²) in [5.41, 5.74) is 6.79. The summed E-state index contributed by atoms with van der Waals surface area (Å²) in [7, 11) is 0. The Morgan fingerprint density at radius 2 is 2.00 bits per heavy atom. The number of rotatable bonds is 2. The molecule has 0 aromatic carbocycles. The van der Waals surface area contributed by atoms with Crippen molar-refractivity contribution in [1.29, 1.82) is 0 Å². The SMILES string of the molecule is Nc1nc(C2CC(O)C2)cc(N2CCSCC2)n1. The Morgan fingerprint density at radius 3 is 2.67 bits per heavy atom. The smallest absolute Gasteiger partial charge is 0.222 e. The minimum absolute atomic E-state index is 0.166. The van der Waals surface area contributed by atoms with Crippen molar-refractivity contribution in [3.63, 3.8) is 0 Å². The van der Waals surface area contributed by atoms with Gasteiger partial charge in [-0.25, -0.2) is 4.98 Å². The highest BCUT2D eigenvalue weighted by molar-refractivity contribution is 7.99. The van der Waals surface area contributed by atoms with Crippen molar-refractivity contribution in [2.45, 2.75) is 24.9 Å². The van der Waals surface area contributed by atoms with Crippen molar-refractivity contribution in [2.75, 3.05) is 35.2 Å². The predicted molar refractivity (Wildman–Crippen MR) is 74.0 cm³/mol. The first-order valence-corrected chi connectivity index (χ1v) is 7.53. The van der Waals surface area contributed by atoms with E-state index in [0.717, 1.165) is 48.9 Å². The van der Waals surface area contributed by atoms with Crippen LogP contribution in [0.2, 0.25) is 0 Å². The average Bonchev–Trinajstić information content (AvgIpc) is 2.35. The van der Waals surface area contributed by atoms with Gasteiger partial charge in [0.2, 0.25) is 5.95 Å². The number of aliphatic hydroxyl groups is 1. The lowest BCUT2D eigenvalue weighted by molar-refractivity contribution is 0.0732. The van der Waals surface area contributed by atoms with Gasteiger partial charge in [0.05, 0.1) is 11.8 Å². The molecule has 0 unspecified atom stereocenters. The lowest BCUT2D eigenvalue weighted by Crippen LogP contribution is -2.34. The van der Waals surface area contributed by atoms with Crippen LogP contribution in [0.4, 0.5) is 11.8 Å². The maximum absolute atomic E-state index is 9.38. The molecule has 0 spiro atoms. The predicted octanol–water partition coefficient (Wildman–Crippen LogP) is 0.850. The molecule has 1 aliphatic heterocycles. The molecule has 2 fully saturated rings. The molecule has 1 aliphatic carbocycles. The summed E-state index contributed by atoms with van der Waals surface area (Å²) in [4.78, 5) is 10.9. The minimum Gasteiger partial charge on any atom is -0.393 e. The van der Waals surface area contributed by atoms with E-state index in [2.05, 4.69) is 14.9 Å². The summed E-state index contributed by atoms with van der Waals surface area (Å²) in [6, 6.07) is 2.04. The summed E-state index contributed by atoms with van der Waals surface area (Å²) >= 11 is 1.97. The van der Waals surface area contributed by atoms with E-state index in [0.29, 0.717) is 11.9 Å². The number of nitrogens with zero attached hydrogens (tertiary/aromatic N) is 3. The molecule has 6 heteroatoms. The van der Waals surface area contributed by atoms with Gasteiger partial charge in [-0.15, -0.1) is 0 Å². The van der Waals surface area contributed by atoms with Crippen LogP contribution in [0.1, 0.15) is 24.5 Å². The van der Waals surface area contributed by atoms with Gasteiger partial charge in [0.15, 0.2) is 0 Å². The van der Waals surface area contributed by atoms with Crippen LogP contribution in [0, 0.1) is 0 Å². The Morgan fingerprint density at radius 1 is 1.28 bits per heavy atom. The van der Waals surface area contributed by atoms with Crippen molar-refractivity contribution < 1.29 is 5.11 Å². The molecule has 3 N–H and O–H groups in total. The molecular formula is C12H18N4OS. The fourth-order valence-corrected chi connectivity index (χ4v) is 3.37. The summed E-state index contributed by atoms with van der Waals surface area (Å²) in [6.07, 6.45) is 1.43. The van der Waals surface area contributed by atoms with Crippen LogP contribution >= 0.6 is 11.8 Å². The molecule has 1 saturated carbocycles. The molecule has 5 nitrogen and oxygen atoms in total. The third kappa shape index (κ3) is 2.40. The Hall–Kier alpha value is -1.01. The monoisotopic (exact) mass is 266 g/mol. The molecule has 3 rings (SSSR count). The first-order valence-electron chi connectivity index (χ1n) is 6.37. The third-order valence-corrected chi connectivity index (χ3v) is 4.56. The number of thioether (sulfide) groups is 1. The van der Waals surface area contributed by atoms with Gasteiger partial charge in [0.1, 0.15) is 5.82 Å². The summed E-state index contributed by atoms with van der Waals surface area (Å²) in [6.45, 7) is 2.04. The number of hydrogen-bond acceptors (Lipinski definition) is 6. The molecule has 1 aromatic heterocycles. The van der Waals surface area contributed by atoms with Gasteiger partial charge in [0, 0.05) is 36.6 Å². The van der Waals surface area contributed by atoms with Crippen LogP contribution in [0.25, 0.3) is 0 Å². The number of nitrogens with two attached hydrogens (primary N) is 1. The van der Waals surface area contributed by atoms with E-state index in [1.807, 2.05) is 17.8 Å². The zero-order valence-corrected chi connectivity index (χ0v) is 11.1. The van der Waals surface area contributed by atoms with Gasteiger partial charge >= 0.3 is 0 Å². The maximum atomic E-state index is 9.38. The Bertz CT molecular complexity index is 430. The second kappa shape index (κ2) is 4.93. The Kier molecular flexibility index (Phi) is 3.30. The van der Waals surface area contributed by atoms with E-state index in [1.165, 1.54) is 0 Å². The van der Waals surface area contributed by atoms with Crippen LogP contribution in [-0.2, 0) is 0 Å². The van der Waals surface area contributed by atoms with E-state index in [1.54, 1.807) is 0 Å². The van der Waals surface area contributed by atoms with E-state index in [9.17, 15) is 5.11 Å². The number of hydrogen-bond donors (Lipinski definition) is 2. The molecule has 1 aromatic rings. The number of nitrogen functional groups attached to an aromatic ring is 1. The van der Waals surface area contributed by atoms with E-state index in [4.69, 9.17) is 5.73 Å². The van der Waals surface area contributed by atoms with E-state index in [-0.39, 0.29) is 6.10 Å². The molecular weight excluding hydrogens is 248 g/mol. The normalized spacial score (nSPS) is 27.9. The van der Waals surface area contributed by atoms with E-state index >= 15 is 0 Å². The zero-order valence-electron chi connectivity index (χ0n) is 10.2. The fraction of sp³-hybridized carbons (Fsp3) is 0.667. The highest BCUT2D eigenvalue weighted by Gasteiger charge is 2.30. The largest absolute Gasteiger partial charge is 0.393 e. The van der Waals surface area contributed by atoms with Gasteiger partial charge in [-0.2, -0.15) is 16.7 Å². The molecule has 1 saturated heterocycles. The molecule has 0 radical (unpaired) electrons. The van der Waals surface area contributed by atoms with Crippen LogP contribution in [-0.4, -0.2) is 45.8 Å². The highest BCUT2D eigenvalue weighted by Crippen LogP contribution is 2.37. The number of aromatic nitrogens is 2. The molecule has 18 heavy (non-hydrogen) atoms. The van der Waals surface area contributed by atoms with Crippen LogP contribution in [0.15, 0.2) is 6.07 Å². The lowest BCUT2D eigenvalue weighted by atomic mass is 9.80. The topological polar surface area (TPSA) is 75.3 Å². The molecule has 2 heterocycles. The first kappa shape index (κ1) is 12.0.